The summed E-state index contributed by atoms with van der Waals surface area (Å²) in [5.74, 6) is 1.93. The molecule has 0 radical (unpaired) electrons. The lowest BCUT2D eigenvalue weighted by molar-refractivity contribution is -0.113. The van der Waals surface area contributed by atoms with E-state index in [0.29, 0.717) is 45.8 Å². The highest BCUT2D eigenvalue weighted by Gasteiger charge is 2.34. The SMILES string of the molecule is COc1cc(OC)cc(-c2nc3n(n2)C(c2cccnc2)C(C(=O)Nc2cccnc2)=C(C)N3)c1. The minimum Gasteiger partial charge on any atom is -0.497 e. The number of methoxy groups -OCH3 is 2. The second-order valence-corrected chi connectivity index (χ2v) is 7.85. The molecule has 1 aliphatic rings. The van der Waals surface area contributed by atoms with Crippen molar-refractivity contribution in [2.45, 2.75) is 13.0 Å². The van der Waals surface area contributed by atoms with Gasteiger partial charge in [0.25, 0.3) is 5.91 Å². The summed E-state index contributed by atoms with van der Waals surface area (Å²) >= 11 is 0. The number of allylic oxidation sites excluding steroid dienone is 1. The summed E-state index contributed by atoms with van der Waals surface area (Å²) in [7, 11) is 3.18. The third-order valence-electron chi connectivity index (χ3n) is 5.63. The largest absolute Gasteiger partial charge is 0.497 e. The zero-order valence-corrected chi connectivity index (χ0v) is 19.4. The van der Waals surface area contributed by atoms with Crippen molar-refractivity contribution >= 4 is 17.5 Å². The average molecular weight is 470 g/mol. The van der Waals surface area contributed by atoms with Gasteiger partial charge < -0.3 is 20.1 Å². The van der Waals surface area contributed by atoms with Gasteiger partial charge in [0, 0.05) is 35.9 Å². The number of benzene rings is 1. The van der Waals surface area contributed by atoms with Crippen LogP contribution in [0.2, 0.25) is 0 Å². The second-order valence-electron chi connectivity index (χ2n) is 7.85. The molecular weight excluding hydrogens is 446 g/mol. The van der Waals surface area contributed by atoms with Crippen molar-refractivity contribution in [3.05, 3.63) is 84.1 Å². The fourth-order valence-electron chi connectivity index (χ4n) is 3.98. The number of anilines is 2. The molecule has 4 aromatic rings. The van der Waals surface area contributed by atoms with E-state index in [1.54, 1.807) is 61.9 Å². The van der Waals surface area contributed by atoms with Gasteiger partial charge in [-0.2, -0.15) is 4.98 Å². The Bertz CT molecular complexity index is 1380. The van der Waals surface area contributed by atoms with Gasteiger partial charge in [0.2, 0.25) is 5.95 Å². The zero-order valence-electron chi connectivity index (χ0n) is 19.4. The van der Waals surface area contributed by atoms with E-state index in [0.717, 1.165) is 5.56 Å². The summed E-state index contributed by atoms with van der Waals surface area (Å²) in [6.07, 6.45) is 6.66. The number of nitrogens with one attached hydrogen (secondary N) is 2. The first-order valence-electron chi connectivity index (χ1n) is 10.9. The molecule has 0 saturated carbocycles. The van der Waals surface area contributed by atoms with Crippen molar-refractivity contribution < 1.29 is 14.3 Å². The van der Waals surface area contributed by atoms with Gasteiger partial charge in [-0.3, -0.25) is 14.8 Å². The van der Waals surface area contributed by atoms with Crippen LogP contribution >= 0.6 is 0 Å². The molecule has 1 atom stereocenters. The number of carbonyl (C=O) groups is 1. The van der Waals surface area contributed by atoms with Crippen molar-refractivity contribution in [1.29, 1.82) is 0 Å². The number of rotatable bonds is 6. The highest BCUT2D eigenvalue weighted by Crippen LogP contribution is 2.37. The van der Waals surface area contributed by atoms with Crippen LogP contribution < -0.4 is 20.1 Å². The van der Waals surface area contributed by atoms with Gasteiger partial charge in [-0.1, -0.05) is 6.07 Å². The van der Waals surface area contributed by atoms with Crippen LogP contribution in [0.25, 0.3) is 11.4 Å². The predicted molar refractivity (Wildman–Crippen MR) is 130 cm³/mol. The molecule has 10 heteroatoms. The highest BCUT2D eigenvalue weighted by molar-refractivity contribution is 6.05. The normalized spacial score (nSPS) is 14.7. The molecule has 1 aliphatic heterocycles. The summed E-state index contributed by atoms with van der Waals surface area (Å²) in [6, 6.07) is 12.2. The minimum atomic E-state index is -0.551. The van der Waals surface area contributed by atoms with E-state index in [2.05, 4.69) is 20.6 Å². The van der Waals surface area contributed by atoms with E-state index in [9.17, 15) is 4.79 Å². The Hall–Kier alpha value is -4.73. The lowest BCUT2D eigenvalue weighted by Gasteiger charge is -2.28. The first-order valence-corrected chi connectivity index (χ1v) is 10.9. The monoisotopic (exact) mass is 469 g/mol. The Morgan fingerprint density at radius 1 is 1.03 bits per heavy atom. The van der Waals surface area contributed by atoms with Gasteiger partial charge >= 0.3 is 0 Å². The van der Waals surface area contributed by atoms with Crippen LogP contribution in [0, 0.1) is 0 Å². The number of pyridine rings is 2. The summed E-state index contributed by atoms with van der Waals surface area (Å²) in [6.45, 7) is 1.84. The molecule has 0 bridgehead atoms. The Labute approximate surface area is 201 Å². The first kappa shape index (κ1) is 22.1. The summed E-state index contributed by atoms with van der Waals surface area (Å²) in [5.41, 5.74) is 3.26. The van der Waals surface area contributed by atoms with Crippen LogP contribution in [-0.4, -0.2) is 44.9 Å². The number of amides is 1. The Morgan fingerprint density at radius 3 is 2.37 bits per heavy atom. The molecule has 0 saturated heterocycles. The van der Waals surface area contributed by atoms with Crippen LogP contribution in [0.3, 0.4) is 0 Å². The molecule has 0 spiro atoms. The lowest BCUT2D eigenvalue weighted by atomic mass is 9.96. The molecule has 5 rings (SSSR count). The molecule has 4 heterocycles. The maximum atomic E-state index is 13.5. The molecule has 10 nitrogen and oxygen atoms in total. The van der Waals surface area contributed by atoms with Gasteiger partial charge in [-0.15, -0.1) is 5.10 Å². The third kappa shape index (κ3) is 4.29. The number of aromatic nitrogens is 5. The van der Waals surface area contributed by atoms with Crippen LogP contribution in [0.5, 0.6) is 11.5 Å². The van der Waals surface area contributed by atoms with Crippen molar-refractivity contribution in [3.63, 3.8) is 0 Å². The third-order valence-corrected chi connectivity index (χ3v) is 5.63. The zero-order chi connectivity index (χ0) is 24.4. The molecular formula is C25H23N7O3. The van der Waals surface area contributed by atoms with E-state index in [1.807, 2.05) is 31.2 Å². The fourth-order valence-corrected chi connectivity index (χ4v) is 3.98. The molecule has 1 unspecified atom stereocenters. The number of carbonyl (C=O) groups excluding carboxylic acids is 1. The Kier molecular flexibility index (Phi) is 5.84. The highest BCUT2D eigenvalue weighted by atomic mass is 16.5. The molecule has 3 aromatic heterocycles. The first-order chi connectivity index (χ1) is 17.1. The van der Waals surface area contributed by atoms with Crippen LogP contribution in [-0.2, 0) is 4.79 Å². The lowest BCUT2D eigenvalue weighted by Crippen LogP contribution is -2.31. The molecule has 0 fully saturated rings. The van der Waals surface area contributed by atoms with Crippen molar-refractivity contribution in [1.82, 2.24) is 24.7 Å². The molecule has 1 amide bonds. The van der Waals surface area contributed by atoms with E-state index in [-0.39, 0.29) is 5.91 Å². The molecule has 35 heavy (non-hydrogen) atoms. The number of hydrogen-bond donors (Lipinski definition) is 2. The fraction of sp³-hybridized carbons (Fsp3) is 0.160. The number of nitrogens with zero attached hydrogens (tertiary/aromatic N) is 5. The second kappa shape index (κ2) is 9.26. The van der Waals surface area contributed by atoms with Crippen molar-refractivity contribution in [2.75, 3.05) is 24.9 Å². The number of ether oxygens (including phenoxy) is 2. The van der Waals surface area contributed by atoms with E-state index < -0.39 is 6.04 Å². The molecule has 2 N–H and O–H groups in total. The maximum absolute atomic E-state index is 13.5. The quantitative estimate of drug-likeness (QED) is 0.439. The van der Waals surface area contributed by atoms with Crippen molar-refractivity contribution in [3.8, 4) is 22.9 Å². The Balaban J connectivity index is 1.60. The smallest absolute Gasteiger partial charge is 0.255 e. The number of fused-ring (bicyclic) bond motifs is 1. The maximum Gasteiger partial charge on any atom is 0.255 e. The van der Waals surface area contributed by atoms with Gasteiger partial charge in [-0.25, -0.2) is 4.68 Å². The van der Waals surface area contributed by atoms with E-state index >= 15 is 0 Å². The van der Waals surface area contributed by atoms with Gasteiger partial charge in [0.05, 0.1) is 31.7 Å². The van der Waals surface area contributed by atoms with Gasteiger partial charge in [0.15, 0.2) is 5.82 Å². The van der Waals surface area contributed by atoms with Crippen LogP contribution in [0.15, 0.2) is 78.5 Å². The molecule has 176 valence electrons. The Morgan fingerprint density at radius 2 is 1.74 bits per heavy atom. The van der Waals surface area contributed by atoms with E-state index in [1.165, 1.54) is 0 Å². The number of hydrogen-bond acceptors (Lipinski definition) is 8. The van der Waals surface area contributed by atoms with Gasteiger partial charge in [0.1, 0.15) is 17.5 Å². The molecule has 0 aliphatic carbocycles. The topological polar surface area (TPSA) is 116 Å². The summed E-state index contributed by atoms with van der Waals surface area (Å²) < 4.78 is 12.5. The van der Waals surface area contributed by atoms with Gasteiger partial charge in [-0.05, 0) is 42.8 Å². The predicted octanol–water partition coefficient (Wildman–Crippen LogP) is 3.68. The van der Waals surface area contributed by atoms with Crippen LogP contribution in [0.4, 0.5) is 11.6 Å². The summed E-state index contributed by atoms with van der Waals surface area (Å²) in [4.78, 5) is 26.5. The summed E-state index contributed by atoms with van der Waals surface area (Å²) in [5, 5.41) is 10.9. The van der Waals surface area contributed by atoms with E-state index in [4.69, 9.17) is 19.6 Å². The standard InChI is InChI=1S/C25H23N7O3/c1-15-21(24(33)29-18-7-5-9-27-14-18)22(16-6-4-8-26-13-16)32-25(28-15)30-23(31-32)17-10-19(34-2)12-20(11-17)35-3/h4-14,22H,1-3H3,(H,29,33)(H,28,30,31). The van der Waals surface area contributed by atoms with Crippen molar-refractivity contribution in [2.24, 2.45) is 0 Å². The van der Waals surface area contributed by atoms with Crippen LogP contribution in [0.1, 0.15) is 18.5 Å². The average Bonchev–Trinajstić information content (AvgIpc) is 3.32. The molecule has 1 aromatic carbocycles. The minimum absolute atomic E-state index is 0.275.